The van der Waals surface area contributed by atoms with Crippen molar-refractivity contribution in [2.24, 2.45) is 0 Å². The third-order valence-corrected chi connectivity index (χ3v) is 2.18. The van der Waals surface area contributed by atoms with Gasteiger partial charge in [-0.25, -0.2) is 4.57 Å². The summed E-state index contributed by atoms with van der Waals surface area (Å²) in [6.45, 7) is -0.903. The van der Waals surface area contributed by atoms with Gasteiger partial charge in [-0.15, -0.1) is 0 Å². The number of aliphatic hydroxyl groups is 4. The minimum atomic E-state index is -5.02. The van der Waals surface area contributed by atoms with E-state index in [1.165, 1.54) is 0 Å². The molecule has 0 rings (SSSR count). The molecule has 0 amide bonds. The topological polar surface area (TPSA) is 165 Å². The van der Waals surface area contributed by atoms with Gasteiger partial charge in [-0.1, -0.05) is 0 Å². The van der Waals surface area contributed by atoms with E-state index in [-0.39, 0.29) is 35.8 Å². The molecule has 0 unspecified atom stereocenters. The Morgan fingerprint density at radius 2 is 1.65 bits per heavy atom. The molecule has 0 radical (unpaired) electrons. The van der Waals surface area contributed by atoms with Crippen LogP contribution in [-0.2, 0) is 13.9 Å². The molecule has 0 bridgehead atoms. The number of hydrogen-bond acceptors (Lipinski definition) is 7. The van der Waals surface area contributed by atoms with Crippen molar-refractivity contribution in [3.05, 3.63) is 0 Å². The Hall–Kier alpha value is 0.620. The van der Waals surface area contributed by atoms with Gasteiger partial charge in [0.05, 0.1) is 6.61 Å². The number of phosphoric acid groups is 1. The van der Waals surface area contributed by atoms with E-state index in [0.29, 0.717) is 0 Å². The normalized spacial score (nSPS) is 18.7. The number of hydrogen-bond donors (Lipinski definition) is 6. The van der Waals surface area contributed by atoms with Crippen molar-refractivity contribution in [3.8, 4) is 0 Å². The first-order chi connectivity index (χ1) is 7.22. The number of carbonyl (C=O) groups is 1. The predicted octanol–water partition coefficient (Wildman–Crippen LogP) is -3.91. The van der Waals surface area contributed by atoms with Crippen LogP contribution in [0.15, 0.2) is 0 Å². The molecule has 0 aromatic rings. The standard InChI is InChI=1S/C6H13O9P.Na.H/c7-1-3(9)5(10)6(11)4(2-8)15-16(12,13)14;;/h2-7,9-11H,1H2,(H2,12,13,14);;/t3-,4-,5-,6-;;/m1../s1. The van der Waals surface area contributed by atoms with Gasteiger partial charge in [-0.3, -0.25) is 4.52 Å². The van der Waals surface area contributed by atoms with Gasteiger partial charge >= 0.3 is 37.4 Å². The van der Waals surface area contributed by atoms with E-state index in [2.05, 4.69) is 4.52 Å². The van der Waals surface area contributed by atoms with Crippen molar-refractivity contribution in [1.29, 1.82) is 0 Å². The summed E-state index contributed by atoms with van der Waals surface area (Å²) in [5.74, 6) is 0. The second kappa shape index (κ2) is 8.68. The number of rotatable bonds is 7. The number of phosphoric ester groups is 1. The van der Waals surface area contributed by atoms with Crippen molar-refractivity contribution in [1.82, 2.24) is 0 Å². The van der Waals surface area contributed by atoms with Gasteiger partial charge in [0.1, 0.15) is 18.3 Å². The van der Waals surface area contributed by atoms with E-state index in [1.807, 2.05) is 0 Å². The third-order valence-electron chi connectivity index (χ3n) is 1.66. The molecule has 0 spiro atoms. The van der Waals surface area contributed by atoms with Gasteiger partial charge in [0.15, 0.2) is 12.4 Å². The molecule has 0 aliphatic rings. The molecule has 9 nitrogen and oxygen atoms in total. The van der Waals surface area contributed by atoms with Crippen molar-refractivity contribution < 1.29 is 44.1 Å². The van der Waals surface area contributed by atoms with Crippen LogP contribution >= 0.6 is 7.82 Å². The molecule has 4 atom stereocenters. The van der Waals surface area contributed by atoms with Crippen LogP contribution in [0, 0.1) is 0 Å². The van der Waals surface area contributed by atoms with Crippen LogP contribution in [0.25, 0.3) is 0 Å². The molecule has 0 aliphatic heterocycles. The Labute approximate surface area is 119 Å². The molecule has 0 aromatic heterocycles. The average molecular weight is 284 g/mol. The van der Waals surface area contributed by atoms with Gasteiger partial charge < -0.3 is 35.0 Å². The van der Waals surface area contributed by atoms with Crippen molar-refractivity contribution in [2.45, 2.75) is 24.4 Å². The monoisotopic (exact) mass is 284 g/mol. The van der Waals surface area contributed by atoms with E-state index in [4.69, 9.17) is 25.1 Å². The van der Waals surface area contributed by atoms with Gasteiger partial charge in [0.25, 0.3) is 0 Å². The fraction of sp³-hybridized carbons (Fsp3) is 0.833. The van der Waals surface area contributed by atoms with Gasteiger partial charge in [-0.05, 0) is 0 Å². The summed E-state index contributed by atoms with van der Waals surface area (Å²) in [6, 6.07) is 0. The van der Waals surface area contributed by atoms with E-state index in [9.17, 15) is 14.5 Å². The molecule has 0 aromatic carbocycles. The SMILES string of the molecule is O=C[C@@H](OP(=O)(O)O)[C@@H](O)[C@H](O)[C@H](O)CO.[NaH]. The maximum atomic E-state index is 10.4. The van der Waals surface area contributed by atoms with Gasteiger partial charge in [0.2, 0.25) is 0 Å². The van der Waals surface area contributed by atoms with Crippen molar-refractivity contribution in [3.63, 3.8) is 0 Å². The molecular formula is C6H14NaO9P. The zero-order valence-corrected chi connectivity index (χ0v) is 8.84. The summed E-state index contributed by atoms with van der Waals surface area (Å²) >= 11 is 0. The first-order valence-corrected chi connectivity index (χ1v) is 5.60. The Kier molecular flexibility index (Phi) is 10.2. The molecule has 0 saturated heterocycles. The van der Waals surface area contributed by atoms with Crippen LogP contribution in [0.2, 0.25) is 0 Å². The van der Waals surface area contributed by atoms with E-state index >= 15 is 0 Å². The van der Waals surface area contributed by atoms with E-state index in [0.717, 1.165) is 0 Å². The Bertz CT molecular complexity index is 268. The Morgan fingerprint density at radius 1 is 1.18 bits per heavy atom. The van der Waals surface area contributed by atoms with Crippen LogP contribution < -0.4 is 0 Å². The van der Waals surface area contributed by atoms with Crippen LogP contribution in [-0.4, -0.2) is 97.1 Å². The predicted molar refractivity (Wildman–Crippen MR) is 55.2 cm³/mol. The van der Waals surface area contributed by atoms with Crippen LogP contribution in [0.1, 0.15) is 0 Å². The van der Waals surface area contributed by atoms with Crippen LogP contribution in [0.5, 0.6) is 0 Å². The number of aliphatic hydroxyl groups excluding tert-OH is 4. The molecular weight excluding hydrogens is 270 g/mol. The quantitative estimate of drug-likeness (QED) is 0.156. The zero-order valence-electron chi connectivity index (χ0n) is 7.95. The van der Waals surface area contributed by atoms with E-state index in [1.54, 1.807) is 0 Å². The number of carbonyl (C=O) groups excluding carboxylic acids is 1. The molecule has 17 heavy (non-hydrogen) atoms. The molecule has 0 aliphatic carbocycles. The second-order valence-electron chi connectivity index (χ2n) is 2.93. The summed E-state index contributed by atoms with van der Waals surface area (Å²) in [5.41, 5.74) is 0. The van der Waals surface area contributed by atoms with Crippen LogP contribution in [0.4, 0.5) is 0 Å². The van der Waals surface area contributed by atoms with Crippen molar-refractivity contribution >= 4 is 43.7 Å². The number of aldehydes is 1. The van der Waals surface area contributed by atoms with Gasteiger partial charge in [-0.2, -0.15) is 0 Å². The fourth-order valence-corrected chi connectivity index (χ4v) is 1.35. The van der Waals surface area contributed by atoms with Crippen LogP contribution in [0.3, 0.4) is 0 Å². The summed E-state index contributed by atoms with van der Waals surface area (Å²) in [7, 11) is -5.02. The first-order valence-electron chi connectivity index (χ1n) is 4.07. The molecule has 0 fully saturated rings. The summed E-state index contributed by atoms with van der Waals surface area (Å²) in [6.07, 6.45) is -7.98. The Morgan fingerprint density at radius 3 is 1.94 bits per heavy atom. The second-order valence-corrected chi connectivity index (χ2v) is 4.12. The molecule has 0 saturated carbocycles. The molecule has 98 valence electrons. The van der Waals surface area contributed by atoms with Gasteiger partial charge in [0, 0.05) is 0 Å². The molecule has 11 heteroatoms. The van der Waals surface area contributed by atoms with E-state index < -0.39 is 38.8 Å². The Balaban J connectivity index is 0. The average Bonchev–Trinajstić information content (AvgIpc) is 2.21. The molecule has 6 N–H and O–H groups in total. The summed E-state index contributed by atoms with van der Waals surface area (Å²) in [4.78, 5) is 27.1. The fourth-order valence-electron chi connectivity index (χ4n) is 0.856. The minimum absolute atomic E-state index is 0. The van der Waals surface area contributed by atoms with Crippen molar-refractivity contribution in [2.75, 3.05) is 6.61 Å². The first kappa shape index (κ1) is 19.9. The molecule has 0 heterocycles. The summed E-state index contributed by atoms with van der Waals surface area (Å²) < 4.78 is 14.2. The zero-order chi connectivity index (χ0) is 12.9. The maximum absolute atomic E-state index is 10.4. The summed E-state index contributed by atoms with van der Waals surface area (Å²) in [5, 5.41) is 35.7. The third kappa shape index (κ3) is 7.60.